The number of amides is 1. The van der Waals surface area contributed by atoms with Crippen molar-refractivity contribution in [2.24, 2.45) is 0 Å². The molecule has 0 unspecified atom stereocenters. The van der Waals surface area contributed by atoms with Crippen LogP contribution < -0.4 is 20.4 Å². The van der Waals surface area contributed by atoms with Crippen LogP contribution in [0.15, 0.2) is 36.7 Å². The number of benzene rings is 1. The Bertz CT molecular complexity index is 1190. The van der Waals surface area contributed by atoms with Crippen LogP contribution in [0.1, 0.15) is 37.1 Å². The van der Waals surface area contributed by atoms with E-state index in [0.29, 0.717) is 30.0 Å². The molecule has 1 atom stereocenters. The normalized spacial score (nSPS) is 18.6. The first kappa shape index (κ1) is 22.1. The lowest BCUT2D eigenvalue weighted by molar-refractivity contribution is -0.117. The molecule has 1 saturated heterocycles. The maximum atomic E-state index is 13.2. The summed E-state index contributed by atoms with van der Waals surface area (Å²) in [6.45, 7) is 6.09. The van der Waals surface area contributed by atoms with Crippen LogP contribution in [-0.2, 0) is 11.3 Å². The Balaban J connectivity index is 1.20. The number of rotatable bonds is 5. The number of piperidine rings is 1. The molecule has 9 nitrogen and oxygen atoms in total. The average Bonchev–Trinajstić information content (AvgIpc) is 3.32. The second-order valence-electron chi connectivity index (χ2n) is 8.98. The molecule has 10 heteroatoms. The second-order valence-corrected chi connectivity index (χ2v) is 8.98. The zero-order chi connectivity index (χ0) is 23.8. The van der Waals surface area contributed by atoms with Gasteiger partial charge in [-0.1, -0.05) is 0 Å². The molecule has 2 aromatic heterocycles. The monoisotopic (exact) mass is 464 g/mol. The Morgan fingerprint density at radius 2 is 1.91 bits per heavy atom. The Hall–Kier alpha value is -3.69. The first-order chi connectivity index (χ1) is 16.4. The lowest BCUT2D eigenvalue weighted by Gasteiger charge is -2.33. The standard InChI is InChI=1S/C24H29FN8O/c1-15-21-22(31(3)16(2)23(34)29-21)30-24(28-15)26-12-17-13-27-33(14-17)20-8-10-32(11-9-20)19-6-4-18(25)5-7-19/h4-7,13-14,16,20H,8-12H2,1-3H3,(H,29,34)(H,26,28,30)/t16-/m0/s1. The molecule has 5 rings (SSSR count). The van der Waals surface area contributed by atoms with E-state index in [1.54, 1.807) is 0 Å². The number of aromatic nitrogens is 4. The summed E-state index contributed by atoms with van der Waals surface area (Å²) >= 11 is 0. The van der Waals surface area contributed by atoms with Crippen LogP contribution in [0.5, 0.6) is 0 Å². The van der Waals surface area contributed by atoms with Crippen molar-refractivity contribution in [2.45, 2.75) is 45.3 Å². The summed E-state index contributed by atoms with van der Waals surface area (Å²) in [6, 6.07) is 6.75. The minimum absolute atomic E-state index is 0.0571. The predicted octanol–water partition coefficient (Wildman–Crippen LogP) is 3.35. The van der Waals surface area contributed by atoms with E-state index in [-0.39, 0.29) is 17.8 Å². The van der Waals surface area contributed by atoms with Gasteiger partial charge in [0.2, 0.25) is 11.9 Å². The number of anilines is 4. The number of nitrogens with one attached hydrogen (secondary N) is 2. The largest absolute Gasteiger partial charge is 0.371 e. The van der Waals surface area contributed by atoms with Gasteiger partial charge in [-0.05, 0) is 51.0 Å². The number of likely N-dealkylation sites (N-methyl/N-ethyl adjacent to an activating group) is 1. The van der Waals surface area contributed by atoms with E-state index in [1.807, 2.05) is 48.8 Å². The molecular weight excluding hydrogens is 435 g/mol. The highest BCUT2D eigenvalue weighted by molar-refractivity contribution is 6.03. The van der Waals surface area contributed by atoms with Gasteiger partial charge in [0.05, 0.1) is 17.9 Å². The van der Waals surface area contributed by atoms with Crippen LogP contribution in [0.2, 0.25) is 0 Å². The number of aryl methyl sites for hydroxylation is 1. The highest BCUT2D eigenvalue weighted by Crippen LogP contribution is 2.32. The van der Waals surface area contributed by atoms with Crippen molar-refractivity contribution in [2.75, 3.05) is 40.6 Å². The molecule has 34 heavy (non-hydrogen) atoms. The van der Waals surface area contributed by atoms with Crippen molar-refractivity contribution >= 4 is 29.0 Å². The fraction of sp³-hybridized carbons (Fsp3) is 0.417. The molecular formula is C24H29FN8O. The number of halogens is 1. The molecule has 1 aromatic carbocycles. The second kappa shape index (κ2) is 8.92. The van der Waals surface area contributed by atoms with Gasteiger partial charge < -0.3 is 20.4 Å². The topological polar surface area (TPSA) is 91.2 Å². The van der Waals surface area contributed by atoms with Crippen LogP contribution in [0.25, 0.3) is 0 Å². The molecule has 2 N–H and O–H groups in total. The molecule has 1 fully saturated rings. The van der Waals surface area contributed by atoms with Gasteiger partial charge in [0.15, 0.2) is 5.82 Å². The van der Waals surface area contributed by atoms with Crippen molar-refractivity contribution in [1.82, 2.24) is 19.7 Å². The fourth-order valence-electron chi connectivity index (χ4n) is 4.52. The summed E-state index contributed by atoms with van der Waals surface area (Å²) in [4.78, 5) is 25.4. The Morgan fingerprint density at radius 3 is 2.65 bits per heavy atom. The number of carbonyl (C=O) groups is 1. The van der Waals surface area contributed by atoms with E-state index in [9.17, 15) is 9.18 Å². The van der Waals surface area contributed by atoms with Crippen molar-refractivity contribution in [3.05, 3.63) is 53.7 Å². The molecule has 0 bridgehead atoms. The molecule has 1 amide bonds. The average molecular weight is 465 g/mol. The highest BCUT2D eigenvalue weighted by atomic mass is 19.1. The first-order valence-corrected chi connectivity index (χ1v) is 11.6. The summed E-state index contributed by atoms with van der Waals surface area (Å²) in [5.74, 6) is 0.969. The van der Waals surface area contributed by atoms with Crippen molar-refractivity contribution in [1.29, 1.82) is 0 Å². The molecule has 3 aromatic rings. The number of fused-ring (bicyclic) bond motifs is 1. The third-order valence-corrected chi connectivity index (χ3v) is 6.75. The molecule has 178 valence electrons. The van der Waals surface area contributed by atoms with Crippen LogP contribution in [-0.4, -0.2) is 51.8 Å². The molecule has 0 radical (unpaired) electrons. The Labute approximate surface area is 198 Å². The number of carbonyl (C=O) groups excluding carboxylic acids is 1. The highest BCUT2D eigenvalue weighted by Gasteiger charge is 2.30. The zero-order valence-electron chi connectivity index (χ0n) is 19.6. The van der Waals surface area contributed by atoms with Crippen molar-refractivity contribution in [3.63, 3.8) is 0 Å². The third kappa shape index (κ3) is 4.27. The quantitative estimate of drug-likeness (QED) is 0.598. The molecule has 0 spiro atoms. The van der Waals surface area contributed by atoms with E-state index in [1.165, 1.54) is 12.1 Å². The molecule has 2 aliphatic heterocycles. The van der Waals surface area contributed by atoms with Gasteiger partial charge in [-0.3, -0.25) is 9.48 Å². The van der Waals surface area contributed by atoms with Gasteiger partial charge in [-0.15, -0.1) is 0 Å². The number of hydrogen-bond acceptors (Lipinski definition) is 7. The van der Waals surface area contributed by atoms with Gasteiger partial charge in [0.25, 0.3) is 0 Å². The summed E-state index contributed by atoms with van der Waals surface area (Å²) in [7, 11) is 1.86. The van der Waals surface area contributed by atoms with E-state index < -0.39 is 0 Å². The third-order valence-electron chi connectivity index (χ3n) is 6.75. The minimum Gasteiger partial charge on any atom is -0.371 e. The molecule has 2 aliphatic rings. The van der Waals surface area contributed by atoms with E-state index in [2.05, 4.69) is 36.8 Å². The predicted molar refractivity (Wildman–Crippen MR) is 130 cm³/mol. The van der Waals surface area contributed by atoms with Gasteiger partial charge in [-0.2, -0.15) is 10.1 Å². The molecule has 4 heterocycles. The lowest BCUT2D eigenvalue weighted by atomic mass is 10.0. The van der Waals surface area contributed by atoms with Crippen molar-refractivity contribution < 1.29 is 9.18 Å². The SMILES string of the molecule is Cc1nc(NCc2cnn(C3CCN(c4ccc(F)cc4)CC3)c2)nc2c1NC(=O)[C@H](C)N2C. The first-order valence-electron chi connectivity index (χ1n) is 11.6. The maximum Gasteiger partial charge on any atom is 0.246 e. The van der Waals surface area contributed by atoms with Gasteiger partial charge >= 0.3 is 0 Å². The van der Waals surface area contributed by atoms with Crippen LogP contribution in [0.3, 0.4) is 0 Å². The number of nitrogens with zero attached hydrogens (tertiary/aromatic N) is 6. The summed E-state index contributed by atoms with van der Waals surface area (Å²) < 4.78 is 15.2. The summed E-state index contributed by atoms with van der Waals surface area (Å²) in [6.07, 6.45) is 5.91. The van der Waals surface area contributed by atoms with Crippen molar-refractivity contribution in [3.8, 4) is 0 Å². The van der Waals surface area contributed by atoms with Gasteiger partial charge in [-0.25, -0.2) is 9.37 Å². The molecule has 0 saturated carbocycles. The number of hydrogen-bond donors (Lipinski definition) is 2. The Morgan fingerprint density at radius 1 is 1.18 bits per heavy atom. The van der Waals surface area contributed by atoms with Crippen LogP contribution in [0.4, 0.5) is 27.5 Å². The van der Waals surface area contributed by atoms with E-state index in [0.717, 1.165) is 42.9 Å². The van der Waals surface area contributed by atoms with E-state index >= 15 is 0 Å². The Kier molecular flexibility index (Phi) is 5.80. The van der Waals surface area contributed by atoms with Gasteiger partial charge in [0, 0.05) is 44.1 Å². The lowest BCUT2D eigenvalue weighted by Crippen LogP contribution is -2.44. The maximum absolute atomic E-state index is 13.2. The summed E-state index contributed by atoms with van der Waals surface area (Å²) in [5, 5.41) is 10.8. The van der Waals surface area contributed by atoms with Gasteiger partial charge in [0.1, 0.15) is 17.5 Å². The smallest absolute Gasteiger partial charge is 0.246 e. The fourth-order valence-corrected chi connectivity index (χ4v) is 4.52. The van der Waals surface area contributed by atoms with E-state index in [4.69, 9.17) is 0 Å². The molecule has 0 aliphatic carbocycles. The van der Waals surface area contributed by atoms with Crippen LogP contribution >= 0.6 is 0 Å². The minimum atomic E-state index is -0.289. The zero-order valence-corrected chi connectivity index (χ0v) is 19.6. The van der Waals surface area contributed by atoms with Crippen LogP contribution in [0, 0.1) is 12.7 Å². The summed E-state index contributed by atoms with van der Waals surface area (Å²) in [5.41, 5.74) is 3.50.